The van der Waals surface area contributed by atoms with Crippen LogP contribution in [0, 0.1) is 5.92 Å². The molecule has 1 saturated heterocycles. The summed E-state index contributed by atoms with van der Waals surface area (Å²) < 4.78 is 5.47. The molecule has 0 spiro atoms. The van der Waals surface area contributed by atoms with Crippen molar-refractivity contribution >= 4 is 5.91 Å². The minimum atomic E-state index is -0.330. The van der Waals surface area contributed by atoms with Crippen LogP contribution in [0.3, 0.4) is 0 Å². The first-order chi connectivity index (χ1) is 8.19. The number of hydrogen-bond acceptors (Lipinski definition) is 3. The summed E-state index contributed by atoms with van der Waals surface area (Å²) in [5.74, 6) is 0.706. The van der Waals surface area contributed by atoms with Crippen LogP contribution in [0.4, 0.5) is 0 Å². The van der Waals surface area contributed by atoms with Gasteiger partial charge in [-0.15, -0.1) is 6.58 Å². The number of amides is 1. The number of nitrogens with zero attached hydrogens (tertiary/aromatic N) is 1. The molecule has 1 heterocycles. The highest BCUT2D eigenvalue weighted by Crippen LogP contribution is 2.16. The molecule has 0 aromatic rings. The molecule has 1 N–H and O–H groups in total. The largest absolute Gasteiger partial charge is 0.368 e. The van der Waals surface area contributed by atoms with Crippen LogP contribution in [0.1, 0.15) is 19.8 Å². The van der Waals surface area contributed by atoms with Crippen molar-refractivity contribution in [1.29, 1.82) is 0 Å². The van der Waals surface area contributed by atoms with Crippen molar-refractivity contribution in [3.05, 3.63) is 12.7 Å². The number of nitrogens with one attached hydrogen (secondary N) is 1. The Kier molecular flexibility index (Phi) is 6.22. The molecular formula is C13H24N2O2. The molecule has 1 rings (SSSR count). The summed E-state index contributed by atoms with van der Waals surface area (Å²) in [5.41, 5.74) is 0. The molecule has 1 aliphatic heterocycles. The molecule has 0 bridgehead atoms. The Morgan fingerprint density at radius 1 is 1.71 bits per heavy atom. The lowest BCUT2D eigenvalue weighted by molar-refractivity contribution is -0.141. The van der Waals surface area contributed by atoms with Crippen LogP contribution < -0.4 is 5.32 Å². The van der Waals surface area contributed by atoms with Crippen molar-refractivity contribution in [2.45, 2.75) is 25.9 Å². The molecule has 98 valence electrons. The van der Waals surface area contributed by atoms with E-state index in [2.05, 4.69) is 11.9 Å². The summed E-state index contributed by atoms with van der Waals surface area (Å²) in [6, 6.07) is 0. The van der Waals surface area contributed by atoms with E-state index in [1.807, 2.05) is 18.9 Å². The fourth-order valence-corrected chi connectivity index (χ4v) is 2.14. The van der Waals surface area contributed by atoms with Crippen LogP contribution in [-0.4, -0.2) is 50.2 Å². The van der Waals surface area contributed by atoms with Gasteiger partial charge in [0, 0.05) is 13.1 Å². The fourth-order valence-electron chi connectivity index (χ4n) is 2.14. The lowest BCUT2D eigenvalue weighted by Crippen LogP contribution is -2.38. The average Bonchev–Trinajstić information content (AvgIpc) is 2.77. The third-order valence-corrected chi connectivity index (χ3v) is 3.13. The molecule has 0 aromatic carbocycles. The van der Waals surface area contributed by atoms with Gasteiger partial charge in [-0.25, -0.2) is 0 Å². The van der Waals surface area contributed by atoms with Gasteiger partial charge >= 0.3 is 0 Å². The Morgan fingerprint density at radius 2 is 2.47 bits per heavy atom. The molecular weight excluding hydrogens is 216 g/mol. The first kappa shape index (κ1) is 14.2. The summed E-state index contributed by atoms with van der Waals surface area (Å²) in [7, 11) is 1.95. The van der Waals surface area contributed by atoms with Gasteiger partial charge in [-0.2, -0.15) is 0 Å². The Hall–Kier alpha value is -0.870. The Labute approximate surface area is 104 Å². The Morgan fingerprint density at radius 3 is 3.12 bits per heavy atom. The molecule has 1 aliphatic rings. The topological polar surface area (TPSA) is 41.6 Å². The van der Waals surface area contributed by atoms with Crippen molar-refractivity contribution in [2.24, 2.45) is 5.92 Å². The number of rotatable bonds is 7. The van der Waals surface area contributed by atoms with Crippen molar-refractivity contribution in [3.8, 4) is 0 Å². The molecule has 0 saturated carbocycles. The SMILES string of the molecule is C=CCCOC(C)C(=O)N1CCC(CNC)C1. The second-order valence-corrected chi connectivity index (χ2v) is 4.59. The summed E-state index contributed by atoms with van der Waals surface area (Å²) in [5, 5.41) is 3.16. The summed E-state index contributed by atoms with van der Waals surface area (Å²) in [6.07, 6.45) is 3.35. The standard InChI is InChI=1S/C13H24N2O2/c1-4-5-8-17-11(2)13(16)15-7-6-12(10-15)9-14-3/h4,11-12,14H,1,5-10H2,2-3H3. The second kappa shape index (κ2) is 7.45. The van der Waals surface area contributed by atoms with Gasteiger partial charge in [0.2, 0.25) is 0 Å². The predicted octanol–water partition coefficient (Wildman–Crippen LogP) is 1.04. The lowest BCUT2D eigenvalue weighted by Gasteiger charge is -2.21. The van der Waals surface area contributed by atoms with E-state index in [1.54, 1.807) is 6.08 Å². The first-order valence-corrected chi connectivity index (χ1v) is 6.35. The van der Waals surface area contributed by atoms with Crippen LogP contribution in [0.15, 0.2) is 12.7 Å². The van der Waals surface area contributed by atoms with Crippen LogP contribution in [0.25, 0.3) is 0 Å². The van der Waals surface area contributed by atoms with Crippen molar-refractivity contribution < 1.29 is 9.53 Å². The molecule has 4 nitrogen and oxygen atoms in total. The van der Waals surface area contributed by atoms with Crippen molar-refractivity contribution in [2.75, 3.05) is 33.3 Å². The summed E-state index contributed by atoms with van der Waals surface area (Å²) in [4.78, 5) is 14.0. The molecule has 2 unspecified atom stereocenters. The highest BCUT2D eigenvalue weighted by Gasteiger charge is 2.28. The quantitative estimate of drug-likeness (QED) is 0.534. The number of carbonyl (C=O) groups excluding carboxylic acids is 1. The van der Waals surface area contributed by atoms with Gasteiger partial charge in [0.1, 0.15) is 6.10 Å². The smallest absolute Gasteiger partial charge is 0.251 e. The molecule has 0 radical (unpaired) electrons. The van der Waals surface area contributed by atoms with Crippen molar-refractivity contribution in [1.82, 2.24) is 10.2 Å². The maximum atomic E-state index is 12.0. The van der Waals surface area contributed by atoms with Crippen LogP contribution in [0.5, 0.6) is 0 Å². The minimum Gasteiger partial charge on any atom is -0.368 e. The maximum Gasteiger partial charge on any atom is 0.251 e. The normalized spacial score (nSPS) is 21.5. The molecule has 17 heavy (non-hydrogen) atoms. The molecule has 1 fully saturated rings. The van der Waals surface area contributed by atoms with Crippen LogP contribution in [-0.2, 0) is 9.53 Å². The first-order valence-electron chi connectivity index (χ1n) is 6.35. The van der Waals surface area contributed by atoms with E-state index in [9.17, 15) is 4.79 Å². The minimum absolute atomic E-state index is 0.118. The van der Waals surface area contributed by atoms with Gasteiger partial charge in [0.25, 0.3) is 5.91 Å². The summed E-state index contributed by atoms with van der Waals surface area (Å²) in [6.45, 7) is 8.73. The predicted molar refractivity (Wildman–Crippen MR) is 68.8 cm³/mol. The van der Waals surface area contributed by atoms with Gasteiger partial charge in [-0.1, -0.05) is 6.08 Å². The zero-order valence-electron chi connectivity index (χ0n) is 10.9. The molecule has 1 amide bonds. The number of hydrogen-bond donors (Lipinski definition) is 1. The highest BCUT2D eigenvalue weighted by molar-refractivity contribution is 5.80. The van der Waals surface area contributed by atoms with Gasteiger partial charge in [-0.3, -0.25) is 4.79 Å². The third kappa shape index (κ3) is 4.48. The van der Waals surface area contributed by atoms with E-state index >= 15 is 0 Å². The van der Waals surface area contributed by atoms with Gasteiger partial charge in [0.05, 0.1) is 6.61 Å². The fraction of sp³-hybridized carbons (Fsp3) is 0.769. The van der Waals surface area contributed by atoms with E-state index < -0.39 is 0 Å². The Bertz CT molecular complexity index is 256. The number of ether oxygens (including phenoxy) is 1. The van der Waals surface area contributed by atoms with Crippen LogP contribution in [0.2, 0.25) is 0 Å². The van der Waals surface area contributed by atoms with E-state index in [0.717, 1.165) is 32.5 Å². The van der Waals surface area contributed by atoms with E-state index in [0.29, 0.717) is 12.5 Å². The van der Waals surface area contributed by atoms with Gasteiger partial charge < -0.3 is 15.0 Å². The van der Waals surface area contributed by atoms with E-state index in [-0.39, 0.29) is 12.0 Å². The maximum absolute atomic E-state index is 12.0. The highest BCUT2D eigenvalue weighted by atomic mass is 16.5. The third-order valence-electron chi connectivity index (χ3n) is 3.13. The lowest BCUT2D eigenvalue weighted by atomic mass is 10.1. The van der Waals surface area contributed by atoms with Crippen LogP contribution >= 0.6 is 0 Å². The monoisotopic (exact) mass is 240 g/mol. The molecule has 2 atom stereocenters. The zero-order valence-corrected chi connectivity index (χ0v) is 10.9. The van der Waals surface area contributed by atoms with Crippen molar-refractivity contribution in [3.63, 3.8) is 0 Å². The van der Waals surface area contributed by atoms with E-state index in [1.165, 1.54) is 0 Å². The van der Waals surface area contributed by atoms with E-state index in [4.69, 9.17) is 4.74 Å². The number of likely N-dealkylation sites (tertiary alicyclic amines) is 1. The zero-order chi connectivity index (χ0) is 12.7. The Balaban J connectivity index is 2.30. The van der Waals surface area contributed by atoms with Gasteiger partial charge in [0.15, 0.2) is 0 Å². The van der Waals surface area contributed by atoms with Gasteiger partial charge in [-0.05, 0) is 39.3 Å². The molecule has 0 aliphatic carbocycles. The number of carbonyl (C=O) groups is 1. The second-order valence-electron chi connectivity index (χ2n) is 4.59. The summed E-state index contributed by atoms with van der Waals surface area (Å²) >= 11 is 0. The average molecular weight is 240 g/mol. The molecule has 0 aromatic heterocycles. The molecule has 4 heteroatoms.